The van der Waals surface area contributed by atoms with E-state index >= 15 is 0 Å². The first-order chi connectivity index (χ1) is 5.86. The summed E-state index contributed by atoms with van der Waals surface area (Å²) in [6.45, 7) is 2.40. The molecule has 0 spiro atoms. The molecule has 70 valence electrons. The molecule has 2 atom stereocenters. The molecular weight excluding hydrogens is 148 g/mol. The fraction of sp³-hybridized carbons (Fsp3) is 0.818. The highest BCUT2D eigenvalue weighted by Crippen LogP contribution is 2.38. The number of unbranched alkanes of at least 4 members (excludes halogenated alkanes) is 1. The van der Waals surface area contributed by atoms with Crippen LogP contribution in [0.1, 0.15) is 39.0 Å². The number of hydrogen-bond acceptors (Lipinski definition) is 1. The molecule has 0 heterocycles. The molecule has 2 aliphatic carbocycles. The quantitative estimate of drug-likeness (QED) is 0.629. The first-order valence-corrected chi connectivity index (χ1v) is 5.16. The first kappa shape index (κ1) is 9.79. The second kappa shape index (κ2) is 5.36. The van der Waals surface area contributed by atoms with Crippen LogP contribution in [0.3, 0.4) is 0 Å². The third-order valence-electron chi connectivity index (χ3n) is 2.68. The van der Waals surface area contributed by atoms with Crippen molar-refractivity contribution in [1.29, 1.82) is 0 Å². The van der Waals surface area contributed by atoms with Crippen molar-refractivity contribution in [3.8, 4) is 0 Å². The molecular formula is C11H20O. The van der Waals surface area contributed by atoms with Crippen LogP contribution < -0.4 is 0 Å². The molecule has 0 amide bonds. The van der Waals surface area contributed by atoms with Crippen LogP contribution in [-0.4, -0.2) is 11.7 Å². The number of rotatable bonds is 2. The van der Waals surface area contributed by atoms with Crippen molar-refractivity contribution in [3.05, 3.63) is 12.2 Å². The molecule has 0 aliphatic heterocycles. The van der Waals surface area contributed by atoms with Gasteiger partial charge in [0.25, 0.3) is 0 Å². The molecule has 2 aliphatic rings. The summed E-state index contributed by atoms with van der Waals surface area (Å²) in [6, 6.07) is 0. The van der Waals surface area contributed by atoms with Crippen molar-refractivity contribution in [2.75, 3.05) is 6.61 Å². The Bertz CT molecular complexity index is 126. The van der Waals surface area contributed by atoms with Crippen LogP contribution in [-0.2, 0) is 0 Å². The van der Waals surface area contributed by atoms with Gasteiger partial charge in [0.1, 0.15) is 0 Å². The van der Waals surface area contributed by atoms with Crippen LogP contribution >= 0.6 is 0 Å². The first-order valence-electron chi connectivity index (χ1n) is 5.16. The summed E-state index contributed by atoms with van der Waals surface area (Å²) in [5, 5.41) is 8.07. The lowest BCUT2D eigenvalue weighted by Gasteiger charge is -1.96. The van der Waals surface area contributed by atoms with E-state index in [0.717, 1.165) is 24.7 Å². The Morgan fingerprint density at radius 1 is 1.25 bits per heavy atom. The average Bonchev–Trinajstić information content (AvgIpc) is 2.69. The second-order valence-corrected chi connectivity index (χ2v) is 3.80. The molecule has 2 rings (SSSR count). The van der Waals surface area contributed by atoms with E-state index in [1.807, 2.05) is 0 Å². The van der Waals surface area contributed by atoms with Crippen LogP contribution in [0.2, 0.25) is 0 Å². The van der Waals surface area contributed by atoms with Gasteiger partial charge in [0, 0.05) is 6.61 Å². The van der Waals surface area contributed by atoms with E-state index in [1.165, 1.54) is 19.3 Å². The Labute approximate surface area is 75.5 Å². The topological polar surface area (TPSA) is 20.2 Å². The maximum atomic E-state index is 8.07. The van der Waals surface area contributed by atoms with Gasteiger partial charge in [-0.3, -0.25) is 0 Å². The molecule has 0 aromatic carbocycles. The van der Waals surface area contributed by atoms with Crippen molar-refractivity contribution in [3.63, 3.8) is 0 Å². The van der Waals surface area contributed by atoms with Gasteiger partial charge in [-0.05, 0) is 37.5 Å². The number of aliphatic hydroxyl groups is 1. The lowest BCUT2D eigenvalue weighted by molar-refractivity contribution is 0.287. The number of aliphatic hydroxyl groups excluding tert-OH is 1. The smallest absolute Gasteiger partial charge is 0.0430 e. The van der Waals surface area contributed by atoms with Crippen LogP contribution in [0.4, 0.5) is 0 Å². The molecule has 0 radical (unpaired) electrons. The predicted molar refractivity (Wildman–Crippen MR) is 52.0 cm³/mol. The van der Waals surface area contributed by atoms with Crippen molar-refractivity contribution in [2.45, 2.75) is 39.0 Å². The van der Waals surface area contributed by atoms with Gasteiger partial charge in [0.05, 0.1) is 0 Å². The Hall–Kier alpha value is -0.300. The zero-order valence-corrected chi connectivity index (χ0v) is 8.00. The molecule has 1 heteroatoms. The third-order valence-corrected chi connectivity index (χ3v) is 2.68. The fourth-order valence-electron chi connectivity index (χ4n) is 1.87. The van der Waals surface area contributed by atoms with E-state index in [9.17, 15) is 0 Å². The molecule has 1 N–H and O–H groups in total. The van der Waals surface area contributed by atoms with Gasteiger partial charge >= 0.3 is 0 Å². The van der Waals surface area contributed by atoms with E-state index in [4.69, 9.17) is 5.11 Å². The van der Waals surface area contributed by atoms with Gasteiger partial charge in [-0.25, -0.2) is 0 Å². The molecule has 0 aromatic heterocycles. The molecule has 12 heavy (non-hydrogen) atoms. The molecule has 0 aromatic rings. The van der Waals surface area contributed by atoms with Gasteiger partial charge in [-0.1, -0.05) is 25.5 Å². The largest absolute Gasteiger partial charge is 0.396 e. The van der Waals surface area contributed by atoms with Crippen molar-refractivity contribution in [1.82, 2.24) is 0 Å². The second-order valence-electron chi connectivity index (χ2n) is 3.80. The molecule has 0 saturated heterocycles. The van der Waals surface area contributed by atoms with E-state index in [-0.39, 0.29) is 0 Å². The summed E-state index contributed by atoms with van der Waals surface area (Å²) in [4.78, 5) is 0. The SMILES string of the molecule is C1=CC2CCC1C2.CCCCO. The highest BCUT2D eigenvalue weighted by molar-refractivity contribution is 5.06. The van der Waals surface area contributed by atoms with E-state index < -0.39 is 0 Å². The molecule has 1 nitrogen and oxygen atoms in total. The monoisotopic (exact) mass is 168 g/mol. The highest BCUT2D eigenvalue weighted by Gasteiger charge is 2.25. The summed E-state index contributed by atoms with van der Waals surface area (Å²) in [6.07, 6.45) is 11.2. The lowest BCUT2D eigenvalue weighted by Crippen LogP contribution is -1.82. The predicted octanol–water partition coefficient (Wildman–Crippen LogP) is 2.75. The van der Waals surface area contributed by atoms with Gasteiger partial charge in [-0.15, -0.1) is 0 Å². The number of hydrogen-bond donors (Lipinski definition) is 1. The Morgan fingerprint density at radius 2 is 1.83 bits per heavy atom. The minimum atomic E-state index is 0.344. The van der Waals surface area contributed by atoms with Crippen LogP contribution in [0, 0.1) is 11.8 Å². The summed E-state index contributed by atoms with van der Waals surface area (Å²) in [5.41, 5.74) is 0. The maximum Gasteiger partial charge on any atom is 0.0430 e. The van der Waals surface area contributed by atoms with E-state index in [0.29, 0.717) is 6.61 Å². The van der Waals surface area contributed by atoms with E-state index in [2.05, 4.69) is 19.1 Å². The van der Waals surface area contributed by atoms with Crippen LogP contribution in [0.25, 0.3) is 0 Å². The fourth-order valence-corrected chi connectivity index (χ4v) is 1.87. The Kier molecular flexibility index (Phi) is 4.37. The van der Waals surface area contributed by atoms with Gasteiger partial charge in [-0.2, -0.15) is 0 Å². The zero-order chi connectivity index (χ0) is 8.81. The van der Waals surface area contributed by atoms with Crippen molar-refractivity contribution in [2.24, 2.45) is 11.8 Å². The number of fused-ring (bicyclic) bond motifs is 2. The highest BCUT2D eigenvalue weighted by atomic mass is 16.2. The summed E-state index contributed by atoms with van der Waals surface area (Å²) < 4.78 is 0. The molecule has 2 bridgehead atoms. The Balaban J connectivity index is 0.000000130. The Morgan fingerprint density at radius 3 is 1.92 bits per heavy atom. The van der Waals surface area contributed by atoms with Gasteiger partial charge < -0.3 is 5.11 Å². The summed E-state index contributed by atoms with van der Waals surface area (Å²) in [5.74, 6) is 1.98. The van der Waals surface area contributed by atoms with Crippen molar-refractivity contribution >= 4 is 0 Å². The summed E-state index contributed by atoms with van der Waals surface area (Å²) >= 11 is 0. The zero-order valence-electron chi connectivity index (χ0n) is 8.00. The lowest BCUT2D eigenvalue weighted by atomic mass is 10.1. The summed E-state index contributed by atoms with van der Waals surface area (Å²) in [7, 11) is 0. The molecule has 1 saturated carbocycles. The maximum absolute atomic E-state index is 8.07. The average molecular weight is 168 g/mol. The van der Waals surface area contributed by atoms with Crippen LogP contribution in [0.5, 0.6) is 0 Å². The number of allylic oxidation sites excluding steroid dienone is 2. The minimum absolute atomic E-state index is 0.344. The van der Waals surface area contributed by atoms with Gasteiger partial charge in [0.15, 0.2) is 0 Å². The van der Waals surface area contributed by atoms with Crippen LogP contribution in [0.15, 0.2) is 12.2 Å². The minimum Gasteiger partial charge on any atom is -0.396 e. The normalized spacial score (nSPS) is 30.2. The van der Waals surface area contributed by atoms with E-state index in [1.54, 1.807) is 0 Å². The molecule has 1 fully saturated rings. The molecule has 2 unspecified atom stereocenters. The third kappa shape index (κ3) is 2.98. The van der Waals surface area contributed by atoms with Gasteiger partial charge in [0.2, 0.25) is 0 Å². The standard InChI is InChI=1S/C7H10.C4H10O/c1-2-7-4-3-6(1)5-7;1-2-3-4-5/h1-2,6-7H,3-5H2;5H,2-4H2,1H3. The van der Waals surface area contributed by atoms with Crippen molar-refractivity contribution < 1.29 is 5.11 Å².